The van der Waals surface area contributed by atoms with Crippen molar-refractivity contribution < 1.29 is 13.9 Å². The van der Waals surface area contributed by atoms with Gasteiger partial charge in [0.15, 0.2) is 27.6 Å². The van der Waals surface area contributed by atoms with Gasteiger partial charge in [-0.25, -0.2) is 14.4 Å². The summed E-state index contributed by atoms with van der Waals surface area (Å²) >= 11 is 7.18. The number of halogens is 2. The van der Waals surface area contributed by atoms with Gasteiger partial charge in [0.25, 0.3) is 0 Å². The van der Waals surface area contributed by atoms with Crippen LogP contribution in [-0.4, -0.2) is 66.6 Å². The van der Waals surface area contributed by atoms with Gasteiger partial charge in [0.2, 0.25) is 0 Å². The summed E-state index contributed by atoms with van der Waals surface area (Å²) in [5, 5.41) is 0.381. The number of rotatable bonds is 5. The third kappa shape index (κ3) is 4.39. The number of thioether (sulfide) groups is 1. The second-order valence-corrected chi connectivity index (χ2v) is 7.69. The van der Waals surface area contributed by atoms with E-state index in [9.17, 15) is 4.39 Å². The Kier molecular flexibility index (Phi) is 5.85. The molecule has 0 bridgehead atoms. The molecule has 6 nitrogen and oxygen atoms in total. The van der Waals surface area contributed by atoms with E-state index < -0.39 is 5.82 Å². The van der Waals surface area contributed by atoms with Crippen LogP contribution in [0.15, 0.2) is 29.6 Å². The fraction of sp³-hybridized carbons (Fsp3) is 0.444. The second-order valence-electron chi connectivity index (χ2n) is 6.27. The van der Waals surface area contributed by atoms with Crippen molar-refractivity contribution in [2.45, 2.75) is 5.16 Å². The molecule has 1 saturated heterocycles. The molecule has 3 heterocycles. The predicted molar refractivity (Wildman–Crippen MR) is 104 cm³/mol. The van der Waals surface area contributed by atoms with E-state index in [0.29, 0.717) is 18.4 Å². The van der Waals surface area contributed by atoms with Gasteiger partial charge in [0.05, 0.1) is 11.9 Å². The molecule has 1 aromatic heterocycles. The number of fused-ring (bicyclic) bond motifs is 1. The van der Waals surface area contributed by atoms with Crippen molar-refractivity contribution in [3.8, 4) is 11.5 Å². The van der Waals surface area contributed by atoms with Crippen molar-refractivity contribution in [3.63, 3.8) is 0 Å². The topological polar surface area (TPSA) is 50.7 Å². The molecule has 0 aliphatic carbocycles. The Balaban J connectivity index is 1.27. The van der Waals surface area contributed by atoms with E-state index in [1.54, 1.807) is 0 Å². The summed E-state index contributed by atoms with van der Waals surface area (Å²) in [6, 6.07) is 6.06. The third-order valence-electron chi connectivity index (χ3n) is 4.58. The molecule has 0 radical (unpaired) electrons. The van der Waals surface area contributed by atoms with Crippen LogP contribution >= 0.6 is 23.4 Å². The largest absolute Gasteiger partial charge is 0.486 e. The molecule has 2 aromatic rings. The summed E-state index contributed by atoms with van der Waals surface area (Å²) in [5.74, 6) is 1.93. The quantitative estimate of drug-likeness (QED) is 0.426. The lowest BCUT2D eigenvalue weighted by molar-refractivity contribution is 0.171. The van der Waals surface area contributed by atoms with E-state index in [1.165, 1.54) is 11.8 Å². The molecule has 4 rings (SSSR count). The molecule has 0 atom stereocenters. The van der Waals surface area contributed by atoms with Crippen molar-refractivity contribution in [2.75, 3.05) is 56.6 Å². The van der Waals surface area contributed by atoms with E-state index in [-0.39, 0.29) is 5.15 Å². The number of aromatic nitrogens is 2. The van der Waals surface area contributed by atoms with Crippen LogP contribution in [0.1, 0.15) is 0 Å². The molecule has 0 amide bonds. The number of anilines is 1. The molecule has 1 aromatic carbocycles. The number of hydrogen-bond donors (Lipinski definition) is 0. The summed E-state index contributed by atoms with van der Waals surface area (Å²) in [6.07, 6.45) is 1.11. The molecule has 0 N–H and O–H groups in total. The van der Waals surface area contributed by atoms with Crippen LogP contribution in [0.25, 0.3) is 0 Å². The van der Waals surface area contributed by atoms with E-state index in [0.717, 1.165) is 61.9 Å². The Morgan fingerprint density at radius 1 is 1.15 bits per heavy atom. The molecule has 144 valence electrons. The van der Waals surface area contributed by atoms with Gasteiger partial charge >= 0.3 is 0 Å². The van der Waals surface area contributed by atoms with Crippen LogP contribution in [0, 0.1) is 5.82 Å². The molecule has 9 heteroatoms. The molecule has 0 spiro atoms. The van der Waals surface area contributed by atoms with Crippen LogP contribution in [0.4, 0.5) is 10.1 Å². The molecule has 0 unspecified atom stereocenters. The minimum absolute atomic E-state index is 0.126. The van der Waals surface area contributed by atoms with Crippen molar-refractivity contribution >= 4 is 29.1 Å². The Hall–Kier alpha value is -1.77. The van der Waals surface area contributed by atoms with Gasteiger partial charge in [-0.1, -0.05) is 29.4 Å². The SMILES string of the molecule is Fc1cnc(SCCN2CCN(c3cccc4c3OCCO4)CC2)nc1Cl. The average Bonchev–Trinajstić information content (AvgIpc) is 2.71. The number of nitrogens with zero attached hydrogens (tertiary/aromatic N) is 4. The van der Waals surface area contributed by atoms with E-state index in [4.69, 9.17) is 21.1 Å². The molecular weight excluding hydrogens is 391 g/mol. The number of piperazine rings is 1. The summed E-state index contributed by atoms with van der Waals surface area (Å²) in [4.78, 5) is 12.6. The number of hydrogen-bond acceptors (Lipinski definition) is 7. The lowest BCUT2D eigenvalue weighted by Gasteiger charge is -2.37. The normalized spacial score (nSPS) is 17.2. The minimum atomic E-state index is -0.588. The van der Waals surface area contributed by atoms with Crippen LogP contribution in [0.5, 0.6) is 11.5 Å². The zero-order chi connectivity index (χ0) is 18.6. The Morgan fingerprint density at radius 2 is 1.96 bits per heavy atom. The van der Waals surface area contributed by atoms with Crippen molar-refractivity contribution in [2.24, 2.45) is 0 Å². The van der Waals surface area contributed by atoms with Crippen LogP contribution < -0.4 is 14.4 Å². The maximum absolute atomic E-state index is 13.1. The summed E-state index contributed by atoms with van der Waals surface area (Å²) in [6.45, 7) is 5.92. The lowest BCUT2D eigenvalue weighted by atomic mass is 10.2. The van der Waals surface area contributed by atoms with Gasteiger partial charge in [-0.15, -0.1) is 0 Å². The molecule has 1 fully saturated rings. The molecule has 2 aliphatic heterocycles. The number of para-hydroxylation sites is 1. The molecule has 27 heavy (non-hydrogen) atoms. The fourth-order valence-electron chi connectivity index (χ4n) is 3.19. The maximum atomic E-state index is 13.1. The van der Waals surface area contributed by atoms with Crippen LogP contribution in [-0.2, 0) is 0 Å². The number of benzene rings is 1. The van der Waals surface area contributed by atoms with Gasteiger partial charge in [-0.2, -0.15) is 0 Å². The standard InChI is InChI=1S/C18H20ClFN4O2S/c19-17-13(20)12-21-18(22-17)27-11-8-23-4-6-24(7-5-23)14-2-1-3-15-16(14)26-10-9-25-15/h1-3,12H,4-11H2. The summed E-state index contributed by atoms with van der Waals surface area (Å²) in [7, 11) is 0. The van der Waals surface area contributed by atoms with E-state index in [2.05, 4.69) is 25.8 Å². The predicted octanol–water partition coefficient (Wildman–Crippen LogP) is 2.95. The lowest BCUT2D eigenvalue weighted by Crippen LogP contribution is -2.47. The fourth-order valence-corrected chi connectivity index (χ4v) is 4.18. The summed E-state index contributed by atoms with van der Waals surface area (Å²) < 4.78 is 24.6. The van der Waals surface area contributed by atoms with Gasteiger partial charge in [0.1, 0.15) is 13.2 Å². The first-order valence-electron chi connectivity index (χ1n) is 8.87. The van der Waals surface area contributed by atoms with Gasteiger partial charge in [0, 0.05) is 38.5 Å². The second kappa shape index (κ2) is 8.50. The Labute approximate surface area is 166 Å². The van der Waals surface area contributed by atoms with E-state index >= 15 is 0 Å². The highest BCUT2D eigenvalue weighted by atomic mass is 35.5. The van der Waals surface area contributed by atoms with Crippen LogP contribution in [0.3, 0.4) is 0 Å². The van der Waals surface area contributed by atoms with Gasteiger partial charge in [-0.05, 0) is 12.1 Å². The third-order valence-corrected chi connectivity index (χ3v) is 5.68. The van der Waals surface area contributed by atoms with Gasteiger partial charge in [-0.3, -0.25) is 4.90 Å². The highest BCUT2D eigenvalue weighted by Crippen LogP contribution is 2.39. The zero-order valence-electron chi connectivity index (χ0n) is 14.7. The minimum Gasteiger partial charge on any atom is -0.486 e. The van der Waals surface area contributed by atoms with E-state index in [1.807, 2.05) is 12.1 Å². The monoisotopic (exact) mass is 410 g/mol. The van der Waals surface area contributed by atoms with Crippen molar-refractivity contribution in [3.05, 3.63) is 35.4 Å². The number of ether oxygens (including phenoxy) is 2. The maximum Gasteiger partial charge on any atom is 0.189 e. The van der Waals surface area contributed by atoms with Crippen LogP contribution in [0.2, 0.25) is 5.15 Å². The van der Waals surface area contributed by atoms with Gasteiger partial charge < -0.3 is 14.4 Å². The first-order chi connectivity index (χ1) is 13.2. The average molecular weight is 411 g/mol. The first-order valence-corrected chi connectivity index (χ1v) is 10.2. The summed E-state index contributed by atoms with van der Waals surface area (Å²) in [5.41, 5.74) is 1.11. The zero-order valence-corrected chi connectivity index (χ0v) is 16.3. The Bertz CT molecular complexity index is 805. The molecular formula is C18H20ClFN4O2S. The highest BCUT2D eigenvalue weighted by molar-refractivity contribution is 7.99. The smallest absolute Gasteiger partial charge is 0.189 e. The molecule has 0 saturated carbocycles. The van der Waals surface area contributed by atoms with Crippen molar-refractivity contribution in [1.82, 2.24) is 14.9 Å². The molecule has 2 aliphatic rings. The first kappa shape index (κ1) is 18.6. The van der Waals surface area contributed by atoms with Crippen molar-refractivity contribution in [1.29, 1.82) is 0 Å². The Morgan fingerprint density at radius 3 is 2.78 bits per heavy atom. The highest BCUT2D eigenvalue weighted by Gasteiger charge is 2.23.